The van der Waals surface area contributed by atoms with Crippen molar-refractivity contribution >= 4 is 31.9 Å². The first-order valence-electron chi connectivity index (χ1n) is 3.58. The normalized spacial score (nSPS) is 10.0. The molecular weight excluding hydrogens is 284 g/mol. The van der Waals surface area contributed by atoms with Gasteiger partial charge in [-0.2, -0.15) is 0 Å². The summed E-state index contributed by atoms with van der Waals surface area (Å²) in [5.41, 5.74) is 2.43. The van der Waals surface area contributed by atoms with Crippen LogP contribution in [-0.2, 0) is 5.33 Å². The van der Waals surface area contributed by atoms with E-state index >= 15 is 0 Å². The number of hydrogen-bond donors (Lipinski definition) is 0. The molecule has 0 aliphatic rings. The molecule has 0 heterocycles. The van der Waals surface area contributed by atoms with E-state index in [1.165, 1.54) is 11.1 Å². The van der Waals surface area contributed by atoms with E-state index in [0.717, 1.165) is 15.6 Å². The van der Waals surface area contributed by atoms with E-state index in [1.54, 1.807) is 7.11 Å². The molecule has 12 heavy (non-hydrogen) atoms. The first-order chi connectivity index (χ1) is 5.69. The molecule has 0 saturated heterocycles. The van der Waals surface area contributed by atoms with E-state index in [1.807, 2.05) is 6.07 Å². The molecule has 3 heteroatoms. The van der Waals surface area contributed by atoms with Gasteiger partial charge in [0.25, 0.3) is 0 Å². The zero-order chi connectivity index (χ0) is 9.14. The molecule has 0 spiro atoms. The quantitative estimate of drug-likeness (QED) is 0.756. The SMILES string of the molecule is COc1cc(C)cc(CBr)c1Br. The summed E-state index contributed by atoms with van der Waals surface area (Å²) < 4.78 is 6.24. The number of ether oxygens (including phenoxy) is 1. The highest BCUT2D eigenvalue weighted by Crippen LogP contribution is 2.31. The van der Waals surface area contributed by atoms with Crippen LogP contribution in [0.25, 0.3) is 0 Å². The van der Waals surface area contributed by atoms with E-state index in [2.05, 4.69) is 44.8 Å². The second-order valence-corrected chi connectivity index (χ2v) is 3.93. The predicted octanol–water partition coefficient (Wildman–Crippen LogP) is 3.66. The molecule has 0 saturated carbocycles. The highest BCUT2D eigenvalue weighted by atomic mass is 79.9. The van der Waals surface area contributed by atoms with Crippen molar-refractivity contribution in [3.8, 4) is 5.75 Å². The largest absolute Gasteiger partial charge is 0.496 e. The molecule has 1 aromatic carbocycles. The van der Waals surface area contributed by atoms with E-state index in [0.29, 0.717) is 0 Å². The lowest BCUT2D eigenvalue weighted by Crippen LogP contribution is -1.90. The Balaban J connectivity index is 3.22. The lowest BCUT2D eigenvalue weighted by Gasteiger charge is -2.08. The maximum atomic E-state index is 5.20. The van der Waals surface area contributed by atoms with Crippen molar-refractivity contribution in [2.75, 3.05) is 7.11 Å². The molecule has 0 radical (unpaired) electrons. The van der Waals surface area contributed by atoms with Crippen LogP contribution in [0.2, 0.25) is 0 Å². The van der Waals surface area contributed by atoms with Crippen LogP contribution >= 0.6 is 31.9 Å². The van der Waals surface area contributed by atoms with Gasteiger partial charge in [-0.1, -0.05) is 22.0 Å². The first-order valence-corrected chi connectivity index (χ1v) is 5.49. The molecule has 0 bridgehead atoms. The van der Waals surface area contributed by atoms with Crippen molar-refractivity contribution in [2.45, 2.75) is 12.3 Å². The minimum Gasteiger partial charge on any atom is -0.496 e. The van der Waals surface area contributed by atoms with Gasteiger partial charge in [0, 0.05) is 5.33 Å². The van der Waals surface area contributed by atoms with Crippen LogP contribution in [0.4, 0.5) is 0 Å². The fraction of sp³-hybridized carbons (Fsp3) is 0.333. The minimum atomic E-state index is 0.839. The van der Waals surface area contributed by atoms with E-state index in [-0.39, 0.29) is 0 Å². The molecular formula is C9H10Br2O. The third kappa shape index (κ3) is 2.02. The van der Waals surface area contributed by atoms with Crippen LogP contribution in [0.3, 0.4) is 0 Å². The summed E-state index contributed by atoms with van der Waals surface area (Å²) in [5, 5.41) is 0.839. The summed E-state index contributed by atoms with van der Waals surface area (Å²) in [7, 11) is 1.68. The summed E-state index contributed by atoms with van der Waals surface area (Å²) in [6.45, 7) is 2.06. The number of rotatable bonds is 2. The molecule has 0 aliphatic carbocycles. The summed E-state index contributed by atoms with van der Waals surface area (Å²) in [5.74, 6) is 0.893. The maximum Gasteiger partial charge on any atom is 0.133 e. The Morgan fingerprint density at radius 2 is 2.08 bits per heavy atom. The molecule has 0 amide bonds. The number of methoxy groups -OCH3 is 1. The fourth-order valence-electron chi connectivity index (χ4n) is 1.05. The maximum absolute atomic E-state index is 5.20. The van der Waals surface area contributed by atoms with Crippen molar-refractivity contribution < 1.29 is 4.74 Å². The monoisotopic (exact) mass is 292 g/mol. The van der Waals surface area contributed by atoms with Gasteiger partial charge in [-0.15, -0.1) is 0 Å². The smallest absolute Gasteiger partial charge is 0.133 e. The number of alkyl halides is 1. The molecule has 1 nitrogen and oxygen atoms in total. The Hall–Kier alpha value is -0.0200. The van der Waals surface area contributed by atoms with Gasteiger partial charge in [0.05, 0.1) is 11.6 Å². The molecule has 0 N–H and O–H groups in total. The van der Waals surface area contributed by atoms with Gasteiger partial charge in [-0.3, -0.25) is 0 Å². The third-order valence-corrected chi connectivity index (χ3v) is 3.13. The molecule has 0 fully saturated rings. The Kier molecular flexibility index (Phi) is 3.59. The van der Waals surface area contributed by atoms with Crippen molar-refractivity contribution in [3.05, 3.63) is 27.7 Å². The molecule has 0 aromatic heterocycles. The summed E-state index contributed by atoms with van der Waals surface area (Å²) >= 11 is 6.90. The first kappa shape index (κ1) is 10.1. The van der Waals surface area contributed by atoms with Crippen LogP contribution in [0, 0.1) is 6.92 Å². The van der Waals surface area contributed by atoms with Crippen molar-refractivity contribution in [3.63, 3.8) is 0 Å². The molecule has 0 aliphatic heterocycles. The molecule has 0 atom stereocenters. The fourth-order valence-corrected chi connectivity index (χ4v) is 2.40. The second kappa shape index (κ2) is 4.28. The molecule has 66 valence electrons. The Morgan fingerprint density at radius 1 is 1.42 bits per heavy atom. The predicted molar refractivity (Wildman–Crippen MR) is 58.1 cm³/mol. The lowest BCUT2D eigenvalue weighted by atomic mass is 10.1. The number of aryl methyl sites for hydroxylation is 1. The van der Waals surface area contributed by atoms with Gasteiger partial charge in [-0.25, -0.2) is 0 Å². The highest BCUT2D eigenvalue weighted by Gasteiger charge is 2.05. The van der Waals surface area contributed by atoms with Gasteiger partial charge >= 0.3 is 0 Å². The number of benzene rings is 1. The molecule has 1 rings (SSSR count). The van der Waals surface area contributed by atoms with E-state index in [9.17, 15) is 0 Å². The summed E-state index contributed by atoms with van der Waals surface area (Å²) in [6.07, 6.45) is 0. The zero-order valence-electron chi connectivity index (χ0n) is 7.03. The third-order valence-electron chi connectivity index (χ3n) is 1.62. The van der Waals surface area contributed by atoms with Crippen molar-refractivity contribution in [2.24, 2.45) is 0 Å². The summed E-state index contributed by atoms with van der Waals surface area (Å²) in [4.78, 5) is 0. The van der Waals surface area contributed by atoms with Gasteiger partial charge in [0.15, 0.2) is 0 Å². The van der Waals surface area contributed by atoms with Crippen LogP contribution in [-0.4, -0.2) is 7.11 Å². The van der Waals surface area contributed by atoms with Crippen LogP contribution in [0.5, 0.6) is 5.75 Å². The average Bonchev–Trinajstić information content (AvgIpc) is 2.08. The second-order valence-electron chi connectivity index (χ2n) is 2.57. The average molecular weight is 294 g/mol. The zero-order valence-corrected chi connectivity index (χ0v) is 10.2. The minimum absolute atomic E-state index is 0.839. The van der Waals surface area contributed by atoms with Gasteiger partial charge in [0.1, 0.15) is 5.75 Å². The Bertz CT molecular complexity index is 259. The van der Waals surface area contributed by atoms with Crippen molar-refractivity contribution in [1.82, 2.24) is 0 Å². The van der Waals surface area contributed by atoms with E-state index in [4.69, 9.17) is 4.74 Å². The van der Waals surface area contributed by atoms with Crippen LogP contribution in [0.1, 0.15) is 11.1 Å². The van der Waals surface area contributed by atoms with Gasteiger partial charge in [0.2, 0.25) is 0 Å². The van der Waals surface area contributed by atoms with E-state index < -0.39 is 0 Å². The van der Waals surface area contributed by atoms with Crippen LogP contribution in [0.15, 0.2) is 16.6 Å². The topological polar surface area (TPSA) is 9.23 Å². The van der Waals surface area contributed by atoms with Gasteiger partial charge in [-0.05, 0) is 40.0 Å². The number of halogens is 2. The Morgan fingerprint density at radius 3 is 2.58 bits per heavy atom. The molecule has 1 aromatic rings. The number of hydrogen-bond acceptors (Lipinski definition) is 1. The molecule has 0 unspecified atom stereocenters. The highest BCUT2D eigenvalue weighted by molar-refractivity contribution is 9.11. The standard InChI is InChI=1S/C9H10Br2O/c1-6-3-7(5-10)9(11)8(4-6)12-2/h3-4H,5H2,1-2H3. The van der Waals surface area contributed by atoms with Gasteiger partial charge < -0.3 is 4.74 Å². The Labute approximate surface area is 89.4 Å². The van der Waals surface area contributed by atoms with Crippen molar-refractivity contribution in [1.29, 1.82) is 0 Å². The van der Waals surface area contributed by atoms with Crippen LogP contribution < -0.4 is 4.74 Å². The summed E-state index contributed by atoms with van der Waals surface area (Å²) in [6, 6.07) is 4.14. The lowest BCUT2D eigenvalue weighted by molar-refractivity contribution is 0.411.